The van der Waals surface area contributed by atoms with E-state index in [2.05, 4.69) is 9.72 Å². The third kappa shape index (κ3) is 1.66. The summed E-state index contributed by atoms with van der Waals surface area (Å²) in [6.07, 6.45) is 1.57. The number of halogens is 1. The Morgan fingerprint density at radius 3 is 2.93 bits per heavy atom. The summed E-state index contributed by atoms with van der Waals surface area (Å²) in [4.78, 5) is 15.6. The highest BCUT2D eigenvalue weighted by Gasteiger charge is 2.11. The van der Waals surface area contributed by atoms with E-state index in [4.69, 9.17) is 11.6 Å². The molecule has 3 nitrogen and oxygen atoms in total. The van der Waals surface area contributed by atoms with E-state index in [-0.39, 0.29) is 0 Å². The highest BCUT2D eigenvalue weighted by molar-refractivity contribution is 6.35. The fraction of sp³-hybridized carbons (Fsp3) is 0.0909. The molecule has 2 aromatic rings. The number of methoxy groups -OCH3 is 1. The zero-order chi connectivity index (χ0) is 10.8. The van der Waals surface area contributed by atoms with Crippen LogP contribution >= 0.6 is 11.6 Å². The Kier molecular flexibility index (Phi) is 2.56. The summed E-state index contributed by atoms with van der Waals surface area (Å²) in [5.74, 6) is -0.407. The predicted octanol–water partition coefficient (Wildman–Crippen LogP) is 2.67. The van der Waals surface area contributed by atoms with Gasteiger partial charge in [0.25, 0.3) is 0 Å². The molecule has 76 valence electrons. The number of aromatic nitrogens is 1. The molecule has 1 heterocycles. The molecule has 0 saturated carbocycles. The van der Waals surface area contributed by atoms with Gasteiger partial charge in [-0.15, -0.1) is 0 Å². The van der Waals surface area contributed by atoms with E-state index >= 15 is 0 Å². The summed E-state index contributed by atoms with van der Waals surface area (Å²) in [5, 5.41) is 1.33. The highest BCUT2D eigenvalue weighted by Crippen LogP contribution is 2.24. The molecule has 2 rings (SSSR count). The summed E-state index contributed by atoms with van der Waals surface area (Å²) in [7, 11) is 1.34. The molecule has 1 aromatic carbocycles. The van der Waals surface area contributed by atoms with Gasteiger partial charge in [-0.05, 0) is 12.1 Å². The summed E-state index contributed by atoms with van der Waals surface area (Å²) in [5.41, 5.74) is 0.995. The molecule has 4 heteroatoms. The van der Waals surface area contributed by atoms with Gasteiger partial charge >= 0.3 is 5.97 Å². The van der Waals surface area contributed by atoms with Gasteiger partial charge in [0.1, 0.15) is 0 Å². The molecule has 0 N–H and O–H groups in total. The number of carbonyl (C=O) groups is 1. The quantitative estimate of drug-likeness (QED) is 0.695. The van der Waals surface area contributed by atoms with Crippen LogP contribution in [0.15, 0.2) is 30.5 Å². The Labute approximate surface area is 91.6 Å². The minimum atomic E-state index is -0.407. The molecule has 0 aliphatic rings. The zero-order valence-corrected chi connectivity index (χ0v) is 8.78. The number of ether oxygens (including phenoxy) is 1. The Morgan fingerprint density at radius 2 is 2.20 bits per heavy atom. The van der Waals surface area contributed by atoms with E-state index < -0.39 is 5.97 Å². The fourth-order valence-corrected chi connectivity index (χ4v) is 1.63. The van der Waals surface area contributed by atoms with Crippen LogP contribution in [0, 0.1) is 0 Å². The number of pyridine rings is 1. The topological polar surface area (TPSA) is 39.2 Å². The summed E-state index contributed by atoms with van der Waals surface area (Å²) < 4.78 is 4.66. The van der Waals surface area contributed by atoms with Crippen LogP contribution in [0.25, 0.3) is 10.9 Å². The van der Waals surface area contributed by atoms with E-state index in [0.29, 0.717) is 16.1 Å². The maximum absolute atomic E-state index is 11.4. The van der Waals surface area contributed by atoms with E-state index in [0.717, 1.165) is 5.39 Å². The molecule has 0 aliphatic carbocycles. The first-order valence-corrected chi connectivity index (χ1v) is 4.73. The van der Waals surface area contributed by atoms with Crippen LogP contribution in [0.1, 0.15) is 10.4 Å². The summed E-state index contributed by atoms with van der Waals surface area (Å²) >= 11 is 5.98. The number of nitrogens with zero attached hydrogens (tertiary/aromatic N) is 1. The SMILES string of the molecule is COC(=O)c1cccc2c(Cl)ccnc12. The minimum absolute atomic E-state index is 0.407. The van der Waals surface area contributed by atoms with E-state index in [1.807, 2.05) is 6.07 Å². The lowest BCUT2D eigenvalue weighted by Crippen LogP contribution is -2.02. The van der Waals surface area contributed by atoms with Crippen LogP contribution in [0.4, 0.5) is 0 Å². The standard InChI is InChI=1S/C11H8ClNO2/c1-15-11(14)8-4-2-3-7-9(12)5-6-13-10(7)8/h2-6H,1H3. The monoisotopic (exact) mass is 221 g/mol. The number of carbonyl (C=O) groups excluding carboxylic acids is 1. The largest absolute Gasteiger partial charge is 0.465 e. The maximum Gasteiger partial charge on any atom is 0.340 e. The number of fused-ring (bicyclic) bond motifs is 1. The van der Waals surface area contributed by atoms with Crippen molar-refractivity contribution in [3.05, 3.63) is 41.0 Å². The van der Waals surface area contributed by atoms with Crippen LogP contribution in [0.3, 0.4) is 0 Å². The molecular formula is C11H8ClNO2. The number of esters is 1. The van der Waals surface area contributed by atoms with Crippen molar-refractivity contribution in [3.8, 4) is 0 Å². The second-order valence-corrected chi connectivity index (χ2v) is 3.39. The molecule has 0 bridgehead atoms. The summed E-state index contributed by atoms with van der Waals surface area (Å²) in [6, 6.07) is 6.92. The molecule has 0 saturated heterocycles. The van der Waals surface area contributed by atoms with Gasteiger partial charge in [-0.3, -0.25) is 4.98 Å². The number of rotatable bonds is 1. The molecule has 15 heavy (non-hydrogen) atoms. The number of benzene rings is 1. The van der Waals surface area contributed by atoms with Gasteiger partial charge in [0.15, 0.2) is 0 Å². The Balaban J connectivity index is 2.77. The second-order valence-electron chi connectivity index (χ2n) is 2.99. The number of para-hydroxylation sites is 1. The molecule has 0 aliphatic heterocycles. The van der Waals surface area contributed by atoms with Crippen LogP contribution < -0.4 is 0 Å². The lowest BCUT2D eigenvalue weighted by Gasteiger charge is -2.04. The summed E-state index contributed by atoms with van der Waals surface area (Å²) in [6.45, 7) is 0. The Morgan fingerprint density at radius 1 is 1.40 bits per heavy atom. The molecule has 0 fully saturated rings. The van der Waals surface area contributed by atoms with Crippen molar-refractivity contribution in [1.82, 2.24) is 4.98 Å². The number of hydrogen-bond donors (Lipinski definition) is 0. The maximum atomic E-state index is 11.4. The van der Waals surface area contributed by atoms with Crippen molar-refractivity contribution in [1.29, 1.82) is 0 Å². The molecule has 0 radical (unpaired) electrons. The average Bonchev–Trinajstić information content (AvgIpc) is 2.28. The van der Waals surface area contributed by atoms with Gasteiger partial charge in [-0.2, -0.15) is 0 Å². The van der Waals surface area contributed by atoms with Crippen molar-refractivity contribution in [2.24, 2.45) is 0 Å². The van der Waals surface area contributed by atoms with E-state index in [1.165, 1.54) is 7.11 Å². The first-order chi connectivity index (χ1) is 7.24. The van der Waals surface area contributed by atoms with Crippen molar-refractivity contribution in [3.63, 3.8) is 0 Å². The molecule has 0 spiro atoms. The van der Waals surface area contributed by atoms with Crippen molar-refractivity contribution in [2.45, 2.75) is 0 Å². The zero-order valence-electron chi connectivity index (χ0n) is 8.03. The smallest absolute Gasteiger partial charge is 0.340 e. The first-order valence-electron chi connectivity index (χ1n) is 4.35. The Hall–Kier alpha value is -1.61. The second kappa shape index (κ2) is 3.87. The normalized spacial score (nSPS) is 10.3. The minimum Gasteiger partial charge on any atom is -0.465 e. The number of hydrogen-bond acceptors (Lipinski definition) is 3. The van der Waals surface area contributed by atoms with Crippen LogP contribution in [-0.4, -0.2) is 18.1 Å². The molecule has 0 atom stereocenters. The van der Waals surface area contributed by atoms with Gasteiger partial charge in [0.05, 0.1) is 23.2 Å². The van der Waals surface area contributed by atoms with Gasteiger partial charge in [-0.25, -0.2) is 4.79 Å². The third-order valence-electron chi connectivity index (χ3n) is 2.12. The van der Waals surface area contributed by atoms with Crippen molar-refractivity contribution < 1.29 is 9.53 Å². The fourth-order valence-electron chi connectivity index (χ4n) is 1.42. The molecule has 0 amide bonds. The van der Waals surface area contributed by atoms with Gasteiger partial charge in [0, 0.05) is 11.6 Å². The lowest BCUT2D eigenvalue weighted by molar-refractivity contribution is 0.0603. The lowest BCUT2D eigenvalue weighted by atomic mass is 10.1. The first kappa shape index (κ1) is 9.93. The van der Waals surface area contributed by atoms with Crippen molar-refractivity contribution in [2.75, 3.05) is 7.11 Å². The van der Waals surface area contributed by atoms with Crippen LogP contribution in [0.5, 0.6) is 0 Å². The molecule has 0 unspecified atom stereocenters. The average molecular weight is 222 g/mol. The third-order valence-corrected chi connectivity index (χ3v) is 2.45. The highest BCUT2D eigenvalue weighted by atomic mass is 35.5. The molecular weight excluding hydrogens is 214 g/mol. The van der Waals surface area contributed by atoms with Gasteiger partial charge in [-0.1, -0.05) is 23.7 Å². The van der Waals surface area contributed by atoms with Crippen LogP contribution in [-0.2, 0) is 4.74 Å². The van der Waals surface area contributed by atoms with Gasteiger partial charge in [0.2, 0.25) is 0 Å². The van der Waals surface area contributed by atoms with E-state index in [9.17, 15) is 4.79 Å². The van der Waals surface area contributed by atoms with Crippen LogP contribution in [0.2, 0.25) is 5.02 Å². The van der Waals surface area contributed by atoms with E-state index in [1.54, 1.807) is 24.4 Å². The molecule has 1 aromatic heterocycles. The van der Waals surface area contributed by atoms with Crippen molar-refractivity contribution >= 4 is 28.5 Å². The van der Waals surface area contributed by atoms with Gasteiger partial charge < -0.3 is 4.74 Å². The predicted molar refractivity (Wildman–Crippen MR) is 58.1 cm³/mol. The Bertz CT molecular complexity index is 525.